The average molecular weight is 508 g/mol. The number of rotatable bonds is 9. The van der Waals surface area contributed by atoms with Crippen LogP contribution in [0.4, 0.5) is 5.00 Å². The molecule has 2 heterocycles. The van der Waals surface area contributed by atoms with Gasteiger partial charge in [0.05, 0.1) is 23.5 Å². The molecule has 1 N–H and O–H groups in total. The minimum Gasteiger partial charge on any atom is -0.493 e. The Kier molecular flexibility index (Phi) is 8.61. The highest BCUT2D eigenvalue weighted by Gasteiger charge is 2.22. The van der Waals surface area contributed by atoms with E-state index in [1.165, 1.54) is 29.5 Å². The van der Waals surface area contributed by atoms with Crippen molar-refractivity contribution < 1.29 is 9.53 Å². The zero-order valence-corrected chi connectivity index (χ0v) is 21.5. The molecule has 0 radical (unpaired) electrons. The van der Waals surface area contributed by atoms with Gasteiger partial charge in [-0.15, -0.1) is 28.1 Å². The highest BCUT2D eigenvalue weighted by Crippen LogP contribution is 2.37. The normalized spacial score (nSPS) is 13.3. The van der Waals surface area contributed by atoms with E-state index in [0.29, 0.717) is 34.7 Å². The van der Waals surface area contributed by atoms with E-state index in [2.05, 4.69) is 28.2 Å². The quantitative estimate of drug-likeness (QED) is 0.288. The number of thioether (sulfide) groups is 1. The van der Waals surface area contributed by atoms with E-state index in [9.17, 15) is 10.1 Å². The third-order valence-electron chi connectivity index (χ3n) is 5.82. The molecular weight excluding hydrogens is 478 g/mol. The van der Waals surface area contributed by atoms with Crippen molar-refractivity contribution in [1.29, 1.82) is 5.26 Å². The van der Waals surface area contributed by atoms with Crippen molar-refractivity contribution in [3.05, 3.63) is 52.9 Å². The van der Waals surface area contributed by atoms with Gasteiger partial charge >= 0.3 is 0 Å². The second-order valence-corrected chi connectivity index (χ2v) is 10.3. The maximum Gasteiger partial charge on any atom is 0.235 e. The second kappa shape index (κ2) is 12.0. The number of aryl methyl sites for hydroxylation is 1. The first kappa shape index (κ1) is 25.0. The first-order valence-corrected chi connectivity index (χ1v) is 13.7. The Hall–Kier alpha value is -3.09. The molecule has 0 spiro atoms. The lowest BCUT2D eigenvalue weighted by atomic mass is 9.97. The zero-order valence-electron chi connectivity index (χ0n) is 19.9. The fourth-order valence-electron chi connectivity index (χ4n) is 4.24. The molecular formula is C26H29N5O2S2. The van der Waals surface area contributed by atoms with Crippen LogP contribution in [0.2, 0.25) is 0 Å². The SMILES string of the molecule is C=CCn1c(SCC(=O)Nc2sc3c(c2C#N)CCCCCC3)nnc1-c1ccccc1OCC. The van der Waals surface area contributed by atoms with Crippen LogP contribution in [0.3, 0.4) is 0 Å². The molecule has 35 heavy (non-hydrogen) atoms. The van der Waals surface area contributed by atoms with E-state index in [-0.39, 0.29) is 11.7 Å². The van der Waals surface area contributed by atoms with E-state index in [1.807, 2.05) is 35.8 Å². The molecule has 1 aromatic carbocycles. The minimum absolute atomic E-state index is 0.162. The fourth-order valence-corrected chi connectivity index (χ4v) is 6.24. The molecule has 0 unspecified atom stereocenters. The van der Waals surface area contributed by atoms with Crippen LogP contribution in [-0.2, 0) is 24.2 Å². The number of thiophene rings is 1. The lowest BCUT2D eigenvalue weighted by Gasteiger charge is -2.11. The van der Waals surface area contributed by atoms with Gasteiger partial charge in [0.25, 0.3) is 0 Å². The predicted molar refractivity (Wildman–Crippen MR) is 141 cm³/mol. The Balaban J connectivity index is 1.50. The number of allylic oxidation sites excluding steroid dienone is 1. The molecule has 0 atom stereocenters. The molecule has 0 bridgehead atoms. The van der Waals surface area contributed by atoms with Gasteiger partial charge in [-0.1, -0.05) is 42.8 Å². The molecule has 2 aromatic heterocycles. The summed E-state index contributed by atoms with van der Waals surface area (Å²) in [5, 5.41) is 22.8. The van der Waals surface area contributed by atoms with E-state index < -0.39 is 0 Å². The van der Waals surface area contributed by atoms with Gasteiger partial charge in [0, 0.05) is 11.4 Å². The molecule has 0 fully saturated rings. The summed E-state index contributed by atoms with van der Waals surface area (Å²) in [6.07, 6.45) is 8.32. The van der Waals surface area contributed by atoms with Crippen molar-refractivity contribution in [1.82, 2.24) is 14.8 Å². The van der Waals surface area contributed by atoms with Crippen LogP contribution in [0.5, 0.6) is 5.75 Å². The van der Waals surface area contributed by atoms with Crippen molar-refractivity contribution in [2.45, 2.75) is 57.1 Å². The Bertz CT molecular complexity index is 1240. The van der Waals surface area contributed by atoms with Gasteiger partial charge in [0.2, 0.25) is 5.91 Å². The first-order chi connectivity index (χ1) is 17.2. The minimum atomic E-state index is -0.162. The predicted octanol–water partition coefficient (Wildman–Crippen LogP) is 5.85. The monoisotopic (exact) mass is 507 g/mol. The molecule has 9 heteroatoms. The number of ether oxygens (including phenoxy) is 1. The van der Waals surface area contributed by atoms with Crippen LogP contribution in [0.25, 0.3) is 11.4 Å². The van der Waals surface area contributed by atoms with Crippen LogP contribution in [0, 0.1) is 11.3 Å². The number of hydrogen-bond donors (Lipinski definition) is 1. The summed E-state index contributed by atoms with van der Waals surface area (Å²) in [6, 6.07) is 10.0. The number of anilines is 1. The largest absolute Gasteiger partial charge is 0.493 e. The number of nitrogens with one attached hydrogen (secondary N) is 1. The van der Waals surface area contributed by atoms with Gasteiger partial charge in [-0.05, 0) is 50.3 Å². The highest BCUT2D eigenvalue weighted by molar-refractivity contribution is 7.99. The van der Waals surface area contributed by atoms with E-state index >= 15 is 0 Å². The number of hydrogen-bond acceptors (Lipinski definition) is 7. The van der Waals surface area contributed by atoms with Crippen molar-refractivity contribution in [2.24, 2.45) is 0 Å². The average Bonchev–Trinajstić information content (AvgIpc) is 3.38. The van der Waals surface area contributed by atoms with Crippen LogP contribution < -0.4 is 10.1 Å². The third-order valence-corrected chi connectivity index (χ3v) is 8.00. The van der Waals surface area contributed by atoms with Gasteiger partial charge < -0.3 is 10.1 Å². The lowest BCUT2D eigenvalue weighted by molar-refractivity contribution is -0.113. The Morgan fingerprint density at radius 1 is 1.29 bits per heavy atom. The maximum atomic E-state index is 12.9. The molecule has 182 valence electrons. The molecule has 7 nitrogen and oxygen atoms in total. The zero-order chi connectivity index (χ0) is 24.6. The summed E-state index contributed by atoms with van der Waals surface area (Å²) in [5.74, 6) is 1.40. The van der Waals surface area contributed by atoms with Gasteiger partial charge in [-0.3, -0.25) is 9.36 Å². The summed E-state index contributed by atoms with van der Waals surface area (Å²) >= 11 is 2.87. The molecule has 0 saturated carbocycles. The molecule has 3 aromatic rings. The highest BCUT2D eigenvalue weighted by atomic mass is 32.2. The molecule has 0 aliphatic heterocycles. The van der Waals surface area contributed by atoms with Crippen molar-refractivity contribution in [2.75, 3.05) is 17.7 Å². The second-order valence-electron chi connectivity index (χ2n) is 8.21. The number of para-hydroxylation sites is 1. The van der Waals surface area contributed by atoms with Crippen LogP contribution in [-0.4, -0.2) is 33.0 Å². The summed E-state index contributed by atoms with van der Waals surface area (Å²) in [6.45, 7) is 6.85. The van der Waals surface area contributed by atoms with Crippen molar-refractivity contribution >= 4 is 34.0 Å². The molecule has 4 rings (SSSR count). The van der Waals surface area contributed by atoms with E-state index in [4.69, 9.17) is 4.74 Å². The van der Waals surface area contributed by atoms with Crippen LogP contribution >= 0.6 is 23.1 Å². The Morgan fingerprint density at radius 3 is 2.86 bits per heavy atom. The molecule has 0 saturated heterocycles. The summed E-state index contributed by atoms with van der Waals surface area (Å²) in [4.78, 5) is 14.1. The van der Waals surface area contributed by atoms with Crippen molar-refractivity contribution in [3.63, 3.8) is 0 Å². The van der Waals surface area contributed by atoms with E-state index in [1.54, 1.807) is 17.4 Å². The number of aromatic nitrogens is 3. The van der Waals surface area contributed by atoms with E-state index in [0.717, 1.165) is 42.6 Å². The van der Waals surface area contributed by atoms with Crippen LogP contribution in [0.1, 0.15) is 48.6 Å². The van der Waals surface area contributed by atoms with Gasteiger partial charge in [0.15, 0.2) is 11.0 Å². The number of carbonyl (C=O) groups excluding carboxylic acids is 1. The smallest absolute Gasteiger partial charge is 0.235 e. The van der Waals surface area contributed by atoms with Gasteiger partial charge in [-0.2, -0.15) is 5.26 Å². The fraction of sp³-hybridized carbons (Fsp3) is 0.385. The Morgan fingerprint density at radius 2 is 2.09 bits per heavy atom. The number of benzene rings is 1. The summed E-state index contributed by atoms with van der Waals surface area (Å²) in [5.41, 5.74) is 2.60. The maximum absolute atomic E-state index is 12.9. The number of carbonyl (C=O) groups is 1. The number of fused-ring (bicyclic) bond motifs is 1. The molecule has 1 aliphatic carbocycles. The van der Waals surface area contributed by atoms with Gasteiger partial charge in [-0.25, -0.2) is 0 Å². The lowest BCUT2D eigenvalue weighted by Crippen LogP contribution is -2.14. The summed E-state index contributed by atoms with van der Waals surface area (Å²) < 4.78 is 7.70. The van der Waals surface area contributed by atoms with Gasteiger partial charge in [0.1, 0.15) is 16.8 Å². The third kappa shape index (κ3) is 5.77. The number of nitrogens with zero attached hydrogens (tertiary/aromatic N) is 4. The number of amides is 1. The topological polar surface area (TPSA) is 92.8 Å². The first-order valence-electron chi connectivity index (χ1n) is 11.9. The summed E-state index contributed by atoms with van der Waals surface area (Å²) in [7, 11) is 0. The standard InChI is InChI=1S/C26H29N5O2S2/c1-3-15-31-24(19-12-9-10-13-21(19)33-4-2)29-30-26(31)34-17-23(32)28-25-20(16-27)18-11-7-5-6-8-14-22(18)35-25/h3,9-10,12-13H,1,4-8,11,14-15,17H2,2H3,(H,28,32). The van der Waals surface area contributed by atoms with Crippen molar-refractivity contribution in [3.8, 4) is 23.2 Å². The number of nitriles is 1. The molecule has 1 amide bonds. The Labute approximate surface area is 214 Å². The molecule has 1 aliphatic rings. The van der Waals surface area contributed by atoms with Crippen LogP contribution in [0.15, 0.2) is 42.1 Å².